The molecule has 0 aliphatic heterocycles. The molecule has 20 heavy (non-hydrogen) atoms. The van der Waals surface area contributed by atoms with E-state index in [0.29, 0.717) is 5.56 Å². The monoisotopic (exact) mass is 291 g/mol. The highest BCUT2D eigenvalue weighted by Crippen LogP contribution is 2.22. The van der Waals surface area contributed by atoms with Gasteiger partial charge in [0.25, 0.3) is 0 Å². The second kappa shape index (κ2) is 6.64. The van der Waals surface area contributed by atoms with Crippen molar-refractivity contribution in [2.24, 2.45) is 5.73 Å². The van der Waals surface area contributed by atoms with Crippen LogP contribution in [0.2, 0.25) is 0 Å². The number of halogens is 3. The number of hydrogen-bond acceptors (Lipinski definition) is 3. The van der Waals surface area contributed by atoms with E-state index in [2.05, 4.69) is 15.4 Å². The number of carbonyl (C=O) groups excluding carboxylic acids is 2. The van der Waals surface area contributed by atoms with Crippen molar-refractivity contribution in [3.63, 3.8) is 0 Å². The fourth-order valence-corrected chi connectivity index (χ4v) is 1.24. The summed E-state index contributed by atoms with van der Waals surface area (Å²) in [5.41, 5.74) is 5.36. The predicted molar refractivity (Wildman–Crippen MR) is 62.6 cm³/mol. The van der Waals surface area contributed by atoms with Gasteiger partial charge in [-0.15, -0.1) is 13.2 Å². The predicted octanol–water partition coefficient (Wildman–Crippen LogP) is 0.870. The van der Waals surface area contributed by atoms with Gasteiger partial charge in [-0.3, -0.25) is 4.79 Å². The fourth-order valence-electron chi connectivity index (χ4n) is 1.24. The third-order valence-electron chi connectivity index (χ3n) is 2.07. The molecule has 0 saturated carbocycles. The maximum atomic E-state index is 11.9. The Kier molecular flexibility index (Phi) is 5.18. The van der Waals surface area contributed by atoms with Crippen molar-refractivity contribution in [2.75, 3.05) is 6.54 Å². The average molecular weight is 291 g/mol. The molecule has 110 valence electrons. The van der Waals surface area contributed by atoms with Gasteiger partial charge in [0.2, 0.25) is 5.91 Å². The molecule has 0 spiro atoms. The van der Waals surface area contributed by atoms with Crippen molar-refractivity contribution in [3.8, 4) is 5.75 Å². The number of hydrogen-bond donors (Lipinski definition) is 3. The van der Waals surface area contributed by atoms with Crippen LogP contribution in [0.5, 0.6) is 5.75 Å². The topological polar surface area (TPSA) is 93.5 Å². The molecule has 0 saturated heterocycles. The summed E-state index contributed by atoms with van der Waals surface area (Å²) in [5.74, 6) is -0.817. The van der Waals surface area contributed by atoms with Gasteiger partial charge in [0.05, 0.1) is 6.54 Å². The van der Waals surface area contributed by atoms with Crippen molar-refractivity contribution in [2.45, 2.75) is 12.9 Å². The smallest absolute Gasteiger partial charge is 0.406 e. The van der Waals surface area contributed by atoms with E-state index < -0.39 is 18.3 Å². The van der Waals surface area contributed by atoms with E-state index in [1.54, 1.807) is 0 Å². The van der Waals surface area contributed by atoms with E-state index in [4.69, 9.17) is 5.73 Å². The van der Waals surface area contributed by atoms with Gasteiger partial charge in [0.1, 0.15) is 5.75 Å². The zero-order valence-corrected chi connectivity index (χ0v) is 10.2. The number of amides is 3. The van der Waals surface area contributed by atoms with Crippen LogP contribution in [0.25, 0.3) is 0 Å². The van der Waals surface area contributed by atoms with Gasteiger partial charge in [-0.05, 0) is 17.7 Å². The number of primary amides is 1. The quantitative estimate of drug-likeness (QED) is 0.751. The minimum absolute atomic E-state index is 0.103. The molecule has 0 aliphatic carbocycles. The fraction of sp³-hybridized carbons (Fsp3) is 0.273. The normalized spacial score (nSPS) is 10.8. The average Bonchev–Trinajstić information content (AvgIpc) is 2.33. The van der Waals surface area contributed by atoms with E-state index in [-0.39, 0.29) is 18.8 Å². The molecule has 9 heteroatoms. The zero-order chi connectivity index (χ0) is 15.2. The van der Waals surface area contributed by atoms with Crippen LogP contribution in [0.15, 0.2) is 24.3 Å². The molecule has 0 radical (unpaired) electrons. The Balaban J connectivity index is 2.42. The van der Waals surface area contributed by atoms with E-state index in [9.17, 15) is 22.8 Å². The van der Waals surface area contributed by atoms with Crippen LogP contribution in [0.1, 0.15) is 5.56 Å². The molecule has 0 fully saturated rings. The Bertz CT molecular complexity index is 474. The molecule has 4 N–H and O–H groups in total. The Labute approximate surface area is 112 Å². The van der Waals surface area contributed by atoms with Gasteiger partial charge in [0, 0.05) is 6.54 Å². The van der Waals surface area contributed by atoms with Crippen LogP contribution < -0.4 is 21.1 Å². The number of nitrogens with two attached hydrogens (primary N) is 1. The van der Waals surface area contributed by atoms with Crippen molar-refractivity contribution >= 4 is 11.9 Å². The molecule has 3 amide bonds. The molecule has 0 atom stereocenters. The van der Waals surface area contributed by atoms with Crippen molar-refractivity contribution in [3.05, 3.63) is 29.8 Å². The Morgan fingerprint density at radius 1 is 1.15 bits per heavy atom. The lowest BCUT2D eigenvalue weighted by atomic mass is 10.2. The molecular formula is C11H12F3N3O3. The first-order valence-electron chi connectivity index (χ1n) is 5.41. The summed E-state index contributed by atoms with van der Waals surface area (Å²) < 4.78 is 39.5. The van der Waals surface area contributed by atoms with E-state index >= 15 is 0 Å². The number of benzene rings is 1. The Morgan fingerprint density at radius 2 is 1.75 bits per heavy atom. The summed E-state index contributed by atoms with van der Waals surface area (Å²) in [4.78, 5) is 21.6. The first-order valence-corrected chi connectivity index (χ1v) is 5.41. The minimum atomic E-state index is -4.74. The molecule has 1 aromatic rings. The van der Waals surface area contributed by atoms with E-state index in [1.807, 2.05) is 0 Å². The van der Waals surface area contributed by atoms with Crippen LogP contribution in [0.4, 0.5) is 18.0 Å². The van der Waals surface area contributed by atoms with Gasteiger partial charge < -0.3 is 21.1 Å². The standard InChI is InChI=1S/C11H12F3N3O3/c12-11(13,14)20-8-3-1-7(2-4-8)5-16-9(18)6-17-10(15)19/h1-4H,5-6H2,(H,16,18)(H3,15,17,19). The van der Waals surface area contributed by atoms with Gasteiger partial charge in [-0.1, -0.05) is 12.1 Å². The summed E-state index contributed by atoms with van der Waals surface area (Å²) >= 11 is 0. The van der Waals surface area contributed by atoms with Crippen LogP contribution in [0.3, 0.4) is 0 Å². The molecule has 0 aromatic heterocycles. The van der Waals surface area contributed by atoms with Gasteiger partial charge in [-0.2, -0.15) is 0 Å². The number of nitrogens with one attached hydrogen (secondary N) is 2. The first-order chi connectivity index (χ1) is 9.26. The van der Waals surface area contributed by atoms with Crippen LogP contribution in [-0.2, 0) is 11.3 Å². The first kappa shape index (κ1) is 15.6. The number of rotatable bonds is 5. The van der Waals surface area contributed by atoms with Crippen molar-refractivity contribution < 1.29 is 27.5 Å². The van der Waals surface area contributed by atoms with E-state index in [0.717, 1.165) is 12.1 Å². The summed E-state index contributed by atoms with van der Waals surface area (Å²) in [5, 5.41) is 4.55. The number of urea groups is 1. The lowest BCUT2D eigenvalue weighted by Crippen LogP contribution is -2.39. The Hall–Kier alpha value is -2.45. The summed E-state index contributed by atoms with van der Waals surface area (Å²) in [6.07, 6.45) is -4.74. The highest BCUT2D eigenvalue weighted by Gasteiger charge is 2.30. The lowest BCUT2D eigenvalue weighted by molar-refractivity contribution is -0.274. The largest absolute Gasteiger partial charge is 0.573 e. The van der Waals surface area contributed by atoms with Gasteiger partial charge in [0.15, 0.2) is 0 Å². The van der Waals surface area contributed by atoms with Gasteiger partial charge >= 0.3 is 12.4 Å². The number of ether oxygens (including phenoxy) is 1. The lowest BCUT2D eigenvalue weighted by Gasteiger charge is -2.09. The van der Waals surface area contributed by atoms with Crippen LogP contribution >= 0.6 is 0 Å². The third kappa shape index (κ3) is 6.47. The Morgan fingerprint density at radius 3 is 2.25 bits per heavy atom. The summed E-state index contributed by atoms with van der Waals surface area (Å²) in [6.45, 7) is -0.170. The second-order valence-corrected chi connectivity index (χ2v) is 3.69. The maximum absolute atomic E-state index is 11.9. The molecule has 0 heterocycles. The summed E-state index contributed by atoms with van der Waals surface area (Å²) in [6, 6.07) is 4.20. The molecule has 0 unspecified atom stereocenters. The van der Waals surface area contributed by atoms with Crippen LogP contribution in [-0.4, -0.2) is 24.8 Å². The van der Waals surface area contributed by atoms with Crippen LogP contribution in [0, 0.1) is 0 Å². The molecule has 0 bridgehead atoms. The zero-order valence-electron chi connectivity index (χ0n) is 10.2. The molecule has 1 rings (SSSR count). The van der Waals surface area contributed by atoms with Crippen molar-refractivity contribution in [1.82, 2.24) is 10.6 Å². The number of alkyl halides is 3. The van der Waals surface area contributed by atoms with Crippen molar-refractivity contribution in [1.29, 1.82) is 0 Å². The molecular weight excluding hydrogens is 279 g/mol. The maximum Gasteiger partial charge on any atom is 0.573 e. The summed E-state index contributed by atoms with van der Waals surface area (Å²) in [7, 11) is 0. The van der Waals surface area contributed by atoms with E-state index in [1.165, 1.54) is 12.1 Å². The SMILES string of the molecule is NC(=O)NCC(=O)NCc1ccc(OC(F)(F)F)cc1. The highest BCUT2D eigenvalue weighted by molar-refractivity contribution is 5.83. The highest BCUT2D eigenvalue weighted by atomic mass is 19.4. The van der Waals surface area contributed by atoms with Gasteiger partial charge in [-0.25, -0.2) is 4.79 Å². The third-order valence-corrected chi connectivity index (χ3v) is 2.07. The minimum Gasteiger partial charge on any atom is -0.406 e. The molecule has 1 aromatic carbocycles. The molecule has 6 nitrogen and oxygen atoms in total. The molecule has 0 aliphatic rings. The second-order valence-electron chi connectivity index (χ2n) is 3.69. The number of carbonyl (C=O) groups is 2.